The van der Waals surface area contributed by atoms with Crippen molar-refractivity contribution in [2.24, 2.45) is 34.5 Å². The van der Waals surface area contributed by atoms with Gasteiger partial charge in [-0.2, -0.15) is 0 Å². The van der Waals surface area contributed by atoms with E-state index in [2.05, 4.69) is 29.8 Å². The Morgan fingerprint density at radius 3 is 1.97 bits per heavy atom. The number of Topliss-reactive ketones (excluding diaryl/α,β-unsaturated/α-hetero) is 2. The lowest BCUT2D eigenvalue weighted by molar-refractivity contribution is -0.145. The third-order valence-corrected chi connectivity index (χ3v) is 15.0. The first-order valence-electron chi connectivity index (χ1n) is 21.8. The largest absolute Gasteiger partial charge is 0.492 e. The second kappa shape index (κ2) is 20.9. The number of nitrogens with one attached hydrogen (secondary N) is 3. The van der Waals surface area contributed by atoms with E-state index in [1.807, 2.05) is 0 Å². The van der Waals surface area contributed by atoms with Gasteiger partial charge in [0.05, 0.1) is 4.91 Å². The summed E-state index contributed by atoms with van der Waals surface area (Å²) in [5, 5.41) is 27.7. The third-order valence-electron chi connectivity index (χ3n) is 13.8. The molecule has 4 aliphatic rings. The van der Waals surface area contributed by atoms with Crippen LogP contribution >= 0.6 is 11.8 Å². The molecule has 3 amide bonds. The Kier molecular flexibility index (Phi) is 16.3. The molecule has 5 N–H and O–H groups in total. The molecule has 0 saturated heterocycles. The molecule has 3 saturated carbocycles. The first-order chi connectivity index (χ1) is 27.7. The van der Waals surface area contributed by atoms with Crippen LogP contribution in [0.4, 0.5) is 0 Å². The van der Waals surface area contributed by atoms with Gasteiger partial charge in [0.2, 0.25) is 29.5 Å². The Bertz CT molecular complexity index is 1670. The Morgan fingerprint density at radius 1 is 0.741 bits per heavy atom. The van der Waals surface area contributed by atoms with Crippen molar-refractivity contribution in [3.63, 3.8) is 0 Å². The number of nitrogens with zero attached hydrogens (tertiary/aromatic N) is 1. The molecule has 0 radical (unpaired) electrons. The zero-order valence-electron chi connectivity index (χ0n) is 34.8. The molecule has 5 rings (SSSR count). The van der Waals surface area contributed by atoms with Gasteiger partial charge in [0.15, 0.2) is 5.78 Å². The van der Waals surface area contributed by atoms with Crippen molar-refractivity contribution in [3.05, 3.63) is 22.6 Å². The minimum Gasteiger partial charge on any atom is -0.492 e. The molecule has 1 heterocycles. The van der Waals surface area contributed by atoms with Crippen LogP contribution in [0.15, 0.2) is 22.6 Å². The van der Waals surface area contributed by atoms with Gasteiger partial charge in [-0.3, -0.25) is 24.0 Å². The van der Waals surface area contributed by atoms with Crippen LogP contribution in [0.25, 0.3) is 0 Å². The molecular weight excluding hydrogens is 761 g/mol. The van der Waals surface area contributed by atoms with Crippen molar-refractivity contribution in [1.29, 1.82) is 0 Å². The number of ketones is 2. The van der Waals surface area contributed by atoms with Gasteiger partial charge in [-0.25, -0.2) is 4.79 Å². The fourth-order valence-corrected chi connectivity index (χ4v) is 12.0. The first kappa shape index (κ1) is 45.3. The molecule has 0 aromatic carbocycles. The van der Waals surface area contributed by atoms with Gasteiger partial charge in [0.25, 0.3) is 0 Å². The number of hydrogen-bond acceptors (Lipinski definition) is 10. The lowest BCUT2D eigenvalue weighted by Crippen LogP contribution is -2.51. The van der Waals surface area contributed by atoms with Crippen molar-refractivity contribution in [1.82, 2.24) is 20.7 Å². The summed E-state index contributed by atoms with van der Waals surface area (Å²) in [6, 6.07) is 2.39. The molecule has 0 bridgehead atoms. The minimum absolute atomic E-state index is 0.00105. The fourth-order valence-electron chi connectivity index (χ4n) is 10.7. The highest BCUT2D eigenvalue weighted by Gasteiger charge is 2.60. The number of rotatable bonds is 22. The van der Waals surface area contributed by atoms with E-state index in [0.29, 0.717) is 92.2 Å². The molecule has 3 fully saturated rings. The summed E-state index contributed by atoms with van der Waals surface area (Å²) >= 11 is 1.59. The highest BCUT2D eigenvalue weighted by atomic mass is 32.2. The van der Waals surface area contributed by atoms with Gasteiger partial charge in [0, 0.05) is 75.5 Å². The van der Waals surface area contributed by atoms with E-state index in [1.54, 1.807) is 18.7 Å². The number of thioether (sulfide) groups is 1. The van der Waals surface area contributed by atoms with E-state index < -0.39 is 17.7 Å². The Hall–Kier alpha value is -3.81. The van der Waals surface area contributed by atoms with E-state index in [4.69, 9.17) is 4.84 Å². The van der Waals surface area contributed by atoms with Crippen LogP contribution in [-0.2, 0) is 28.8 Å². The van der Waals surface area contributed by atoms with Gasteiger partial charge in [-0.05, 0) is 118 Å². The molecule has 6 atom stereocenters. The number of aromatic hydroxyl groups is 2. The highest BCUT2D eigenvalue weighted by Crippen LogP contribution is 2.67. The number of amides is 3. The lowest BCUT2D eigenvalue weighted by Gasteiger charge is -2.58. The molecule has 0 spiro atoms. The standard InChI is InChI=1S/C44H66N4O9S/c1-29(49)31-16-17-32-30-14-15-34-42(35(50)21-24-44(34,3)33(30)20-23-43(31,32)2)58-28-22-38(53)46-26-9-5-6-11-36(51)45-25-8-4-7-12-37(52)47-27-10-13-41(56)57-48-39(54)18-19-40(48)55/h18-19,30-33,54-55H,4-17,20-28H2,1-3H3,(H,45,51)(H,46,53)(H,47,52)/t30?,31?,32?,33?,43-,44-/m1/s1. The third kappa shape index (κ3) is 11.3. The Balaban J connectivity index is 0.866. The number of fused-ring (bicyclic) bond motifs is 5. The maximum absolute atomic E-state index is 13.2. The highest BCUT2D eigenvalue weighted by molar-refractivity contribution is 8.04. The predicted molar refractivity (Wildman–Crippen MR) is 221 cm³/mol. The maximum Gasteiger partial charge on any atom is 0.333 e. The van der Waals surface area contributed by atoms with Crippen LogP contribution < -0.4 is 20.8 Å². The number of allylic oxidation sites excluding steroid dienone is 1. The summed E-state index contributed by atoms with van der Waals surface area (Å²) in [6.07, 6.45) is 14.1. The maximum atomic E-state index is 13.2. The first-order valence-corrected chi connectivity index (χ1v) is 22.7. The van der Waals surface area contributed by atoms with Crippen molar-refractivity contribution in [3.8, 4) is 11.8 Å². The molecule has 1 aromatic rings. The summed E-state index contributed by atoms with van der Waals surface area (Å²) in [5.74, 6) is 1.62. The molecule has 4 aliphatic carbocycles. The van der Waals surface area contributed by atoms with Crippen LogP contribution in [0.2, 0.25) is 0 Å². The predicted octanol–water partition coefficient (Wildman–Crippen LogP) is 6.29. The van der Waals surface area contributed by atoms with E-state index in [1.165, 1.54) is 17.7 Å². The average molecular weight is 827 g/mol. The number of aromatic nitrogens is 1. The summed E-state index contributed by atoms with van der Waals surface area (Å²) < 4.78 is 0.627. The van der Waals surface area contributed by atoms with Crippen molar-refractivity contribution < 1.29 is 43.8 Å². The van der Waals surface area contributed by atoms with Gasteiger partial charge in [-0.1, -0.05) is 26.7 Å². The average Bonchev–Trinajstić information content (AvgIpc) is 3.71. The molecule has 4 unspecified atom stereocenters. The zero-order valence-corrected chi connectivity index (χ0v) is 35.7. The quantitative estimate of drug-likeness (QED) is 0.0830. The zero-order chi connectivity index (χ0) is 41.9. The van der Waals surface area contributed by atoms with E-state index in [9.17, 15) is 39.0 Å². The second-order valence-electron chi connectivity index (χ2n) is 17.5. The SMILES string of the molecule is CC(=O)C1CCC2C3CCC4=C(SCCC(=O)NCCCCCC(=O)NCCCCCC(=O)NCCCC(=O)On5c(O)ccc5O)C(=O)CC[C@]4(C)C3CC[C@]12C. The number of carbonyl (C=O) groups is 6. The second-order valence-corrected chi connectivity index (χ2v) is 18.6. The monoisotopic (exact) mass is 826 g/mol. The molecule has 0 aliphatic heterocycles. The molecule has 58 heavy (non-hydrogen) atoms. The summed E-state index contributed by atoms with van der Waals surface area (Å²) in [4.78, 5) is 80.3. The molecule has 14 heteroatoms. The summed E-state index contributed by atoms with van der Waals surface area (Å²) in [6.45, 7) is 7.98. The minimum atomic E-state index is -0.649. The fraction of sp³-hybridized carbons (Fsp3) is 0.727. The van der Waals surface area contributed by atoms with Gasteiger partial charge >= 0.3 is 5.97 Å². The lowest BCUT2D eigenvalue weighted by atomic mass is 9.46. The molecule has 322 valence electrons. The Morgan fingerprint density at radius 2 is 1.34 bits per heavy atom. The van der Waals surface area contributed by atoms with E-state index >= 15 is 0 Å². The van der Waals surface area contributed by atoms with Crippen molar-refractivity contribution in [2.75, 3.05) is 25.4 Å². The molecule has 13 nitrogen and oxygen atoms in total. The van der Waals surface area contributed by atoms with Crippen molar-refractivity contribution >= 4 is 47.0 Å². The topological polar surface area (TPSA) is 193 Å². The van der Waals surface area contributed by atoms with Crippen LogP contribution in [0.3, 0.4) is 0 Å². The van der Waals surface area contributed by atoms with E-state index in [0.717, 1.165) is 82.0 Å². The van der Waals surface area contributed by atoms with Gasteiger partial charge in [0.1, 0.15) is 5.78 Å². The van der Waals surface area contributed by atoms with Crippen LogP contribution in [0.5, 0.6) is 11.8 Å². The van der Waals surface area contributed by atoms with E-state index in [-0.39, 0.29) is 46.7 Å². The smallest absolute Gasteiger partial charge is 0.333 e. The Labute approximate surface area is 347 Å². The van der Waals surface area contributed by atoms with Crippen LogP contribution in [-0.4, -0.2) is 75.6 Å². The summed E-state index contributed by atoms with van der Waals surface area (Å²) in [5.41, 5.74) is 1.50. The molecular formula is C44H66N4O9S. The van der Waals surface area contributed by atoms with Gasteiger partial charge in [-0.15, -0.1) is 16.5 Å². The normalized spacial score (nSPS) is 26.3. The molecule has 1 aromatic heterocycles. The van der Waals surface area contributed by atoms with Crippen LogP contribution in [0.1, 0.15) is 143 Å². The van der Waals surface area contributed by atoms with Crippen molar-refractivity contribution in [2.45, 2.75) is 143 Å². The number of unbranched alkanes of at least 4 members (excludes halogenated alkanes) is 4. The van der Waals surface area contributed by atoms with Gasteiger partial charge < -0.3 is 31.0 Å². The van der Waals surface area contributed by atoms with Crippen LogP contribution in [0, 0.1) is 34.5 Å². The summed E-state index contributed by atoms with van der Waals surface area (Å²) in [7, 11) is 0. The number of carbonyl (C=O) groups excluding carboxylic acids is 6. The number of hydrogen-bond donors (Lipinski definition) is 5.